The molecule has 0 bridgehead atoms. The van der Waals surface area contributed by atoms with Crippen molar-refractivity contribution in [3.8, 4) is 0 Å². The zero-order valence-electron chi connectivity index (χ0n) is 10.7. The molecule has 0 amide bonds. The number of aliphatic hydroxyl groups excluding tert-OH is 1. The molecular weight excluding hydrogens is 204 g/mol. The van der Waals surface area contributed by atoms with Crippen molar-refractivity contribution >= 4 is 0 Å². The Kier molecular flexibility index (Phi) is 6.28. The first-order valence-electron chi connectivity index (χ1n) is 6.32. The van der Waals surface area contributed by atoms with Crippen molar-refractivity contribution in [2.75, 3.05) is 53.0 Å². The lowest BCUT2D eigenvalue weighted by atomic mass is 9.79. The number of hydrogen-bond acceptors (Lipinski definition) is 4. The van der Waals surface area contributed by atoms with Crippen LogP contribution in [0.15, 0.2) is 0 Å². The number of nitrogens with zero attached hydrogens (tertiary/aromatic N) is 1. The molecule has 1 rings (SSSR count). The molecule has 1 fully saturated rings. The van der Waals surface area contributed by atoms with Crippen LogP contribution in [0.1, 0.15) is 19.8 Å². The summed E-state index contributed by atoms with van der Waals surface area (Å²) in [5, 5.41) is 12.3. The highest BCUT2D eigenvalue weighted by Crippen LogP contribution is 2.30. The Morgan fingerprint density at radius 2 is 2.06 bits per heavy atom. The molecule has 0 atom stereocenters. The molecular formula is C12H26N2O2. The van der Waals surface area contributed by atoms with Crippen LogP contribution >= 0.6 is 0 Å². The number of hydrogen-bond donors (Lipinski definition) is 2. The Hall–Kier alpha value is -0.160. The fourth-order valence-electron chi connectivity index (χ4n) is 2.53. The van der Waals surface area contributed by atoms with Crippen molar-refractivity contribution in [3.63, 3.8) is 0 Å². The maximum absolute atomic E-state index is 9.03. The van der Waals surface area contributed by atoms with Gasteiger partial charge in [-0.2, -0.15) is 0 Å². The SMILES string of the molecule is CCN(CCO)CC1(CNC)CCOCC1. The minimum Gasteiger partial charge on any atom is -0.395 e. The summed E-state index contributed by atoms with van der Waals surface area (Å²) in [5.41, 5.74) is 0.332. The Labute approximate surface area is 99.0 Å². The van der Waals surface area contributed by atoms with E-state index in [2.05, 4.69) is 17.1 Å². The van der Waals surface area contributed by atoms with Crippen molar-refractivity contribution in [3.05, 3.63) is 0 Å². The third-order valence-corrected chi connectivity index (χ3v) is 3.53. The molecule has 16 heavy (non-hydrogen) atoms. The van der Waals surface area contributed by atoms with Gasteiger partial charge in [-0.25, -0.2) is 0 Å². The Morgan fingerprint density at radius 3 is 2.56 bits per heavy atom. The minimum atomic E-state index is 0.250. The normalized spacial score (nSPS) is 20.2. The van der Waals surface area contributed by atoms with Gasteiger partial charge in [-0.1, -0.05) is 6.92 Å². The van der Waals surface area contributed by atoms with Gasteiger partial charge in [0.2, 0.25) is 0 Å². The molecule has 0 aromatic rings. The summed E-state index contributed by atoms with van der Waals surface area (Å²) in [6, 6.07) is 0. The first-order chi connectivity index (χ1) is 7.76. The molecule has 1 aliphatic rings. The molecule has 1 heterocycles. The average molecular weight is 230 g/mol. The highest BCUT2D eigenvalue weighted by atomic mass is 16.5. The summed E-state index contributed by atoms with van der Waals surface area (Å²) >= 11 is 0. The molecule has 96 valence electrons. The van der Waals surface area contributed by atoms with Crippen LogP contribution in [-0.4, -0.2) is 63.1 Å². The Morgan fingerprint density at radius 1 is 1.38 bits per heavy atom. The summed E-state index contributed by atoms with van der Waals surface area (Å²) < 4.78 is 5.45. The summed E-state index contributed by atoms with van der Waals surface area (Å²) in [7, 11) is 2.01. The average Bonchev–Trinajstić information content (AvgIpc) is 2.30. The van der Waals surface area contributed by atoms with Crippen molar-refractivity contribution in [1.82, 2.24) is 10.2 Å². The van der Waals surface area contributed by atoms with Gasteiger partial charge >= 0.3 is 0 Å². The third-order valence-electron chi connectivity index (χ3n) is 3.53. The van der Waals surface area contributed by atoms with Crippen LogP contribution in [0, 0.1) is 5.41 Å². The molecule has 0 spiro atoms. The molecule has 0 aromatic heterocycles. The van der Waals surface area contributed by atoms with Gasteiger partial charge < -0.3 is 20.1 Å². The van der Waals surface area contributed by atoms with Gasteiger partial charge in [0.1, 0.15) is 0 Å². The molecule has 0 aromatic carbocycles. The van der Waals surface area contributed by atoms with E-state index >= 15 is 0 Å². The van der Waals surface area contributed by atoms with Gasteiger partial charge in [-0.05, 0) is 31.8 Å². The topological polar surface area (TPSA) is 44.7 Å². The Bertz CT molecular complexity index is 176. The largest absolute Gasteiger partial charge is 0.395 e. The number of nitrogens with one attached hydrogen (secondary N) is 1. The summed E-state index contributed by atoms with van der Waals surface area (Å²) in [6.07, 6.45) is 2.24. The predicted molar refractivity (Wildman–Crippen MR) is 65.6 cm³/mol. The highest BCUT2D eigenvalue weighted by molar-refractivity contribution is 4.86. The van der Waals surface area contributed by atoms with Gasteiger partial charge in [0, 0.05) is 32.8 Å². The van der Waals surface area contributed by atoms with Crippen LogP contribution in [0.4, 0.5) is 0 Å². The molecule has 0 unspecified atom stereocenters. The molecule has 4 heteroatoms. The molecule has 1 aliphatic heterocycles. The van der Waals surface area contributed by atoms with Crippen molar-refractivity contribution < 1.29 is 9.84 Å². The van der Waals surface area contributed by atoms with Crippen LogP contribution in [0.25, 0.3) is 0 Å². The summed E-state index contributed by atoms with van der Waals surface area (Å²) in [5.74, 6) is 0. The summed E-state index contributed by atoms with van der Waals surface area (Å²) in [6.45, 7) is 8.04. The zero-order chi connectivity index (χ0) is 11.9. The van der Waals surface area contributed by atoms with Gasteiger partial charge in [-0.15, -0.1) is 0 Å². The number of rotatable bonds is 7. The standard InChI is InChI=1S/C12H26N2O2/c1-3-14(6-7-15)11-12(10-13-2)4-8-16-9-5-12/h13,15H,3-11H2,1-2H3. The summed E-state index contributed by atoms with van der Waals surface area (Å²) in [4.78, 5) is 2.34. The quantitative estimate of drug-likeness (QED) is 0.661. The van der Waals surface area contributed by atoms with E-state index in [-0.39, 0.29) is 6.61 Å². The van der Waals surface area contributed by atoms with Gasteiger partial charge in [0.25, 0.3) is 0 Å². The van der Waals surface area contributed by atoms with E-state index < -0.39 is 0 Å². The minimum absolute atomic E-state index is 0.250. The molecule has 0 radical (unpaired) electrons. The van der Waals surface area contributed by atoms with E-state index in [9.17, 15) is 0 Å². The van der Waals surface area contributed by atoms with Crippen LogP contribution in [0.2, 0.25) is 0 Å². The van der Waals surface area contributed by atoms with E-state index in [1.807, 2.05) is 7.05 Å². The molecule has 0 saturated carbocycles. The molecule has 1 saturated heterocycles. The number of likely N-dealkylation sites (N-methyl/N-ethyl adjacent to an activating group) is 1. The second-order valence-corrected chi connectivity index (χ2v) is 4.74. The smallest absolute Gasteiger partial charge is 0.0558 e. The second-order valence-electron chi connectivity index (χ2n) is 4.74. The monoisotopic (exact) mass is 230 g/mol. The third kappa shape index (κ3) is 4.01. The first kappa shape index (κ1) is 13.9. The molecule has 2 N–H and O–H groups in total. The van der Waals surface area contributed by atoms with Crippen molar-refractivity contribution in [1.29, 1.82) is 0 Å². The van der Waals surface area contributed by atoms with Gasteiger partial charge in [-0.3, -0.25) is 0 Å². The number of ether oxygens (including phenoxy) is 1. The van der Waals surface area contributed by atoms with E-state index in [0.717, 1.165) is 52.2 Å². The lowest BCUT2D eigenvalue weighted by Crippen LogP contribution is -2.47. The highest BCUT2D eigenvalue weighted by Gasteiger charge is 2.33. The van der Waals surface area contributed by atoms with Crippen LogP contribution in [0.5, 0.6) is 0 Å². The maximum atomic E-state index is 9.03. The molecule has 4 nitrogen and oxygen atoms in total. The van der Waals surface area contributed by atoms with Gasteiger partial charge in [0.05, 0.1) is 6.61 Å². The maximum Gasteiger partial charge on any atom is 0.0558 e. The van der Waals surface area contributed by atoms with Crippen LogP contribution in [-0.2, 0) is 4.74 Å². The van der Waals surface area contributed by atoms with Gasteiger partial charge in [0.15, 0.2) is 0 Å². The molecule has 0 aliphatic carbocycles. The van der Waals surface area contributed by atoms with E-state index in [0.29, 0.717) is 5.41 Å². The zero-order valence-corrected chi connectivity index (χ0v) is 10.7. The number of aliphatic hydroxyl groups is 1. The second kappa shape index (κ2) is 7.22. The van der Waals surface area contributed by atoms with E-state index in [1.165, 1.54) is 0 Å². The fourth-order valence-corrected chi connectivity index (χ4v) is 2.53. The Balaban J connectivity index is 2.53. The predicted octanol–water partition coefficient (Wildman–Crippen LogP) is 0.317. The van der Waals surface area contributed by atoms with Crippen LogP contribution in [0.3, 0.4) is 0 Å². The van der Waals surface area contributed by atoms with Crippen LogP contribution < -0.4 is 5.32 Å². The van der Waals surface area contributed by atoms with Crippen molar-refractivity contribution in [2.45, 2.75) is 19.8 Å². The lowest BCUT2D eigenvalue weighted by molar-refractivity contribution is -0.00476. The lowest BCUT2D eigenvalue weighted by Gasteiger charge is -2.40. The van der Waals surface area contributed by atoms with E-state index in [4.69, 9.17) is 9.84 Å². The van der Waals surface area contributed by atoms with Crippen molar-refractivity contribution in [2.24, 2.45) is 5.41 Å². The fraction of sp³-hybridized carbons (Fsp3) is 1.00. The first-order valence-corrected chi connectivity index (χ1v) is 6.32. The van der Waals surface area contributed by atoms with E-state index in [1.54, 1.807) is 0 Å².